The molecule has 1 fully saturated rings. The molecule has 0 bridgehead atoms. The summed E-state index contributed by atoms with van der Waals surface area (Å²) in [5.41, 5.74) is -1.13. The fourth-order valence-corrected chi connectivity index (χ4v) is 1.89. The van der Waals surface area contributed by atoms with Crippen LogP contribution in [0.1, 0.15) is 33.6 Å². The van der Waals surface area contributed by atoms with E-state index in [0.717, 1.165) is 4.90 Å². The van der Waals surface area contributed by atoms with Gasteiger partial charge in [0.25, 0.3) is 5.91 Å². The largest absolute Gasteiger partial charge is 0.480 e. The molecule has 1 atom stereocenters. The Morgan fingerprint density at radius 1 is 1.40 bits per heavy atom. The van der Waals surface area contributed by atoms with Gasteiger partial charge < -0.3 is 15.3 Å². The van der Waals surface area contributed by atoms with Crippen LogP contribution in [0, 0.1) is 0 Å². The lowest BCUT2D eigenvalue weighted by Gasteiger charge is -2.27. The predicted molar refractivity (Wildman–Crippen MR) is 68.8 cm³/mol. The number of nitrogens with one attached hydrogen (secondary N) is 2. The second kappa shape index (κ2) is 5.89. The molecule has 4 amide bonds. The molecule has 1 aliphatic rings. The molecule has 0 aromatic rings. The molecule has 1 rings (SSSR count). The van der Waals surface area contributed by atoms with Crippen molar-refractivity contribution in [2.75, 3.05) is 6.54 Å². The van der Waals surface area contributed by atoms with Crippen molar-refractivity contribution in [3.63, 3.8) is 0 Å². The zero-order valence-corrected chi connectivity index (χ0v) is 11.7. The van der Waals surface area contributed by atoms with Crippen LogP contribution in [-0.2, 0) is 14.4 Å². The van der Waals surface area contributed by atoms with Crippen LogP contribution in [0.25, 0.3) is 0 Å². The van der Waals surface area contributed by atoms with E-state index in [1.54, 1.807) is 6.92 Å². The lowest BCUT2D eigenvalue weighted by Crippen LogP contribution is -2.51. The van der Waals surface area contributed by atoms with E-state index >= 15 is 0 Å². The first-order chi connectivity index (χ1) is 9.20. The maximum absolute atomic E-state index is 11.8. The van der Waals surface area contributed by atoms with Crippen molar-refractivity contribution in [2.24, 2.45) is 0 Å². The number of carboxylic acid groups (broad SMARTS) is 1. The zero-order valence-electron chi connectivity index (χ0n) is 11.7. The predicted octanol–water partition coefficient (Wildman–Crippen LogP) is -0.314. The van der Waals surface area contributed by atoms with Crippen molar-refractivity contribution >= 4 is 23.8 Å². The minimum absolute atomic E-state index is 0.301. The van der Waals surface area contributed by atoms with Gasteiger partial charge >= 0.3 is 12.0 Å². The van der Waals surface area contributed by atoms with Crippen LogP contribution < -0.4 is 10.6 Å². The van der Waals surface area contributed by atoms with Gasteiger partial charge in [-0.2, -0.15) is 0 Å². The van der Waals surface area contributed by atoms with Gasteiger partial charge in [-0.25, -0.2) is 9.59 Å². The van der Waals surface area contributed by atoms with Crippen LogP contribution in [-0.4, -0.2) is 51.9 Å². The number of nitrogens with zero attached hydrogens (tertiary/aromatic N) is 1. The highest BCUT2D eigenvalue weighted by atomic mass is 16.4. The van der Waals surface area contributed by atoms with Gasteiger partial charge in [-0.05, 0) is 20.3 Å². The summed E-state index contributed by atoms with van der Waals surface area (Å²) in [6.07, 6.45) is 0.904. The van der Waals surface area contributed by atoms with E-state index in [1.165, 1.54) is 13.8 Å². The van der Waals surface area contributed by atoms with E-state index in [2.05, 4.69) is 10.6 Å². The summed E-state index contributed by atoms with van der Waals surface area (Å²) in [6.45, 7) is 4.47. The van der Waals surface area contributed by atoms with Crippen LogP contribution in [0.5, 0.6) is 0 Å². The number of carbonyl (C=O) groups is 4. The Balaban J connectivity index is 2.68. The van der Waals surface area contributed by atoms with Gasteiger partial charge in [0.1, 0.15) is 18.1 Å². The molecule has 20 heavy (non-hydrogen) atoms. The summed E-state index contributed by atoms with van der Waals surface area (Å²) in [4.78, 5) is 47.0. The second-order valence-corrected chi connectivity index (χ2v) is 5.15. The highest BCUT2D eigenvalue weighted by molar-refractivity contribution is 6.07. The molecule has 1 saturated heterocycles. The normalized spacial score (nSPS) is 18.6. The molecule has 0 saturated carbocycles. The van der Waals surface area contributed by atoms with Crippen LogP contribution in [0.3, 0.4) is 0 Å². The monoisotopic (exact) mass is 285 g/mol. The number of hydrogen-bond donors (Lipinski definition) is 3. The van der Waals surface area contributed by atoms with Gasteiger partial charge in [-0.3, -0.25) is 14.9 Å². The Bertz CT molecular complexity index is 446. The number of hydrogen-bond acceptors (Lipinski definition) is 4. The Hall–Kier alpha value is -2.12. The Morgan fingerprint density at radius 3 is 2.40 bits per heavy atom. The smallest absolute Gasteiger partial charge is 0.326 e. The average Bonchev–Trinajstić information content (AvgIpc) is 2.51. The number of rotatable bonds is 6. The SMILES string of the molecule is CCCC(NC(=O)CN1C(=O)NC(=O)C1(C)C)C(=O)O. The third-order valence-corrected chi connectivity index (χ3v) is 3.21. The number of imide groups is 1. The molecule has 3 N–H and O–H groups in total. The molecule has 1 unspecified atom stereocenters. The molecule has 112 valence electrons. The second-order valence-electron chi connectivity index (χ2n) is 5.15. The van der Waals surface area contributed by atoms with Crippen molar-refractivity contribution < 1.29 is 24.3 Å². The molecule has 8 nitrogen and oxygen atoms in total. The van der Waals surface area contributed by atoms with Crippen LogP contribution >= 0.6 is 0 Å². The summed E-state index contributed by atoms with van der Waals surface area (Å²) < 4.78 is 0. The number of carbonyl (C=O) groups excluding carboxylic acids is 3. The molecule has 0 radical (unpaired) electrons. The Labute approximate surface area is 116 Å². The van der Waals surface area contributed by atoms with Crippen LogP contribution in [0.15, 0.2) is 0 Å². The number of carboxylic acids is 1. The van der Waals surface area contributed by atoms with Gasteiger partial charge in [0.15, 0.2) is 0 Å². The number of amides is 4. The molecule has 0 aromatic carbocycles. The molecule has 1 heterocycles. The Morgan fingerprint density at radius 2 is 2.00 bits per heavy atom. The molecular formula is C12H19N3O5. The van der Waals surface area contributed by atoms with E-state index in [4.69, 9.17) is 5.11 Å². The number of urea groups is 1. The quantitative estimate of drug-likeness (QED) is 0.579. The van der Waals surface area contributed by atoms with Crippen LogP contribution in [0.2, 0.25) is 0 Å². The summed E-state index contributed by atoms with van der Waals surface area (Å²) in [5.74, 6) is -2.22. The minimum Gasteiger partial charge on any atom is -0.480 e. The number of aliphatic carboxylic acids is 1. The minimum atomic E-state index is -1.13. The molecule has 8 heteroatoms. The highest BCUT2D eigenvalue weighted by Gasteiger charge is 2.46. The molecule has 0 spiro atoms. The topological polar surface area (TPSA) is 116 Å². The fourth-order valence-electron chi connectivity index (χ4n) is 1.89. The van der Waals surface area contributed by atoms with Gasteiger partial charge in [0.05, 0.1) is 0 Å². The first-order valence-electron chi connectivity index (χ1n) is 6.35. The first-order valence-corrected chi connectivity index (χ1v) is 6.35. The zero-order chi connectivity index (χ0) is 15.5. The lowest BCUT2D eigenvalue weighted by molar-refractivity contribution is -0.142. The van der Waals surface area contributed by atoms with Gasteiger partial charge in [0.2, 0.25) is 5.91 Å². The van der Waals surface area contributed by atoms with E-state index < -0.39 is 35.4 Å². The summed E-state index contributed by atoms with van der Waals surface area (Å²) >= 11 is 0. The van der Waals surface area contributed by atoms with E-state index in [9.17, 15) is 19.2 Å². The van der Waals surface area contributed by atoms with Crippen LogP contribution in [0.4, 0.5) is 4.79 Å². The van der Waals surface area contributed by atoms with Gasteiger partial charge in [-0.15, -0.1) is 0 Å². The van der Waals surface area contributed by atoms with Crippen molar-refractivity contribution in [2.45, 2.75) is 45.2 Å². The Kier molecular flexibility index (Phi) is 4.69. The van der Waals surface area contributed by atoms with Crippen molar-refractivity contribution in [3.05, 3.63) is 0 Å². The van der Waals surface area contributed by atoms with Gasteiger partial charge in [0, 0.05) is 0 Å². The lowest BCUT2D eigenvalue weighted by atomic mass is 10.0. The standard InChI is InChI=1S/C12H19N3O5/c1-4-5-7(9(17)18)13-8(16)6-15-11(20)14-10(19)12(15,2)3/h7H,4-6H2,1-3H3,(H,13,16)(H,17,18)(H,14,19,20). The summed E-state index contributed by atoms with van der Waals surface area (Å²) in [7, 11) is 0. The maximum atomic E-state index is 11.8. The van der Waals surface area contributed by atoms with Crippen molar-refractivity contribution in [1.82, 2.24) is 15.5 Å². The first kappa shape index (κ1) is 15.9. The molecule has 1 aliphatic heterocycles. The molecule has 0 aliphatic carbocycles. The highest BCUT2D eigenvalue weighted by Crippen LogP contribution is 2.20. The van der Waals surface area contributed by atoms with Crippen molar-refractivity contribution in [1.29, 1.82) is 0 Å². The van der Waals surface area contributed by atoms with E-state index in [-0.39, 0.29) is 6.54 Å². The third kappa shape index (κ3) is 3.25. The summed E-state index contributed by atoms with van der Waals surface area (Å²) in [6, 6.07) is -1.64. The van der Waals surface area contributed by atoms with E-state index in [1.807, 2.05) is 0 Å². The van der Waals surface area contributed by atoms with Crippen molar-refractivity contribution in [3.8, 4) is 0 Å². The van der Waals surface area contributed by atoms with Gasteiger partial charge in [-0.1, -0.05) is 13.3 Å². The molecule has 0 aromatic heterocycles. The maximum Gasteiger partial charge on any atom is 0.326 e. The molecular weight excluding hydrogens is 266 g/mol. The third-order valence-electron chi connectivity index (χ3n) is 3.21. The average molecular weight is 285 g/mol. The fraction of sp³-hybridized carbons (Fsp3) is 0.667. The van der Waals surface area contributed by atoms with E-state index in [0.29, 0.717) is 12.8 Å². The summed E-state index contributed by atoms with van der Waals surface area (Å²) in [5, 5.41) is 13.4.